The Morgan fingerprint density at radius 1 is 0.605 bits per heavy atom. The van der Waals surface area contributed by atoms with Gasteiger partial charge in [-0.05, 0) is 49.2 Å². The second-order valence-corrected chi connectivity index (χ2v) is 11.1. The van der Waals surface area contributed by atoms with Crippen LogP contribution < -0.4 is 14.5 Å². The minimum Gasteiger partial charge on any atom is -0.456 e. The molecule has 0 fully saturated rings. The first-order chi connectivity index (χ1) is 21.1. The number of rotatable bonds is 8. The lowest BCUT2D eigenvalue weighted by atomic mass is 9.77. The van der Waals surface area contributed by atoms with E-state index >= 15 is 0 Å². The Hall–Kier alpha value is -5.03. The molecule has 0 radical (unpaired) electrons. The number of para-hydroxylation sites is 2. The molecular formula is C38H34N2O3. The highest BCUT2D eigenvalue weighted by molar-refractivity contribution is 6.03. The average Bonchev–Trinajstić information content (AvgIpc) is 3.34. The third-order valence-electron chi connectivity index (χ3n) is 8.59. The lowest BCUT2D eigenvalue weighted by Crippen LogP contribution is -2.33. The smallest absolute Gasteiger partial charge is 0.342 e. The van der Waals surface area contributed by atoms with Crippen LogP contribution in [0.2, 0.25) is 0 Å². The molecule has 43 heavy (non-hydrogen) atoms. The predicted molar refractivity (Wildman–Crippen MR) is 171 cm³/mol. The maximum Gasteiger partial charge on any atom is 0.342 e. The zero-order valence-electron chi connectivity index (χ0n) is 24.5. The highest BCUT2D eigenvalue weighted by atomic mass is 16.6. The van der Waals surface area contributed by atoms with E-state index in [9.17, 15) is 4.79 Å². The number of nitrogens with zero attached hydrogens (tertiary/aromatic N) is 2. The molecule has 0 N–H and O–H groups in total. The van der Waals surface area contributed by atoms with Crippen LogP contribution in [0.15, 0.2) is 121 Å². The van der Waals surface area contributed by atoms with Gasteiger partial charge in [0.1, 0.15) is 11.5 Å². The summed E-state index contributed by atoms with van der Waals surface area (Å²) in [4.78, 5) is 19.0. The Labute approximate surface area is 252 Å². The first-order valence-corrected chi connectivity index (χ1v) is 15.0. The zero-order valence-corrected chi connectivity index (χ0v) is 24.5. The van der Waals surface area contributed by atoms with Gasteiger partial charge in [-0.15, -0.1) is 0 Å². The standard InChI is InChI=1S/C38H34N2O3/c1-3-39(4-2)29-23-32-36(33(24-29)40(25-27-15-7-5-8-16-27)26-28-17-9-6-10-18-28)37(41)43-38(32)30-19-11-13-21-34(30)42-35-22-14-12-20-31(35)38/h5-24H,3-4,25-26H2,1-2H3. The third kappa shape index (κ3) is 4.52. The van der Waals surface area contributed by atoms with Crippen LogP contribution >= 0.6 is 0 Å². The second kappa shape index (κ2) is 11.0. The molecule has 5 aromatic carbocycles. The molecule has 0 aromatic heterocycles. The summed E-state index contributed by atoms with van der Waals surface area (Å²) in [6.45, 7) is 7.28. The van der Waals surface area contributed by atoms with E-state index in [1.807, 2.05) is 60.7 Å². The minimum atomic E-state index is -1.12. The molecule has 0 unspecified atom stereocenters. The summed E-state index contributed by atoms with van der Waals surface area (Å²) in [7, 11) is 0. The molecule has 0 saturated carbocycles. The van der Waals surface area contributed by atoms with E-state index in [4.69, 9.17) is 9.47 Å². The topological polar surface area (TPSA) is 42.0 Å². The summed E-state index contributed by atoms with van der Waals surface area (Å²) in [5.41, 5.74) is 6.27. The van der Waals surface area contributed by atoms with Crippen LogP contribution in [0.25, 0.3) is 0 Å². The summed E-state index contributed by atoms with van der Waals surface area (Å²) in [5, 5.41) is 0. The predicted octanol–water partition coefficient (Wildman–Crippen LogP) is 8.31. The van der Waals surface area contributed by atoms with Crippen molar-refractivity contribution in [1.82, 2.24) is 0 Å². The molecule has 2 aliphatic heterocycles. The molecule has 0 atom stereocenters. The molecule has 2 heterocycles. The van der Waals surface area contributed by atoms with Gasteiger partial charge in [0, 0.05) is 48.6 Å². The zero-order chi connectivity index (χ0) is 29.4. The van der Waals surface area contributed by atoms with Crippen molar-refractivity contribution in [2.24, 2.45) is 0 Å². The Bertz CT molecular complexity index is 1690. The molecule has 2 aliphatic rings. The first kappa shape index (κ1) is 26.8. The molecule has 7 rings (SSSR count). The van der Waals surface area contributed by atoms with E-state index < -0.39 is 5.60 Å². The van der Waals surface area contributed by atoms with Crippen LogP contribution in [-0.2, 0) is 23.4 Å². The van der Waals surface area contributed by atoms with E-state index in [1.54, 1.807) is 0 Å². The van der Waals surface area contributed by atoms with E-state index in [-0.39, 0.29) is 5.97 Å². The number of ether oxygens (including phenoxy) is 2. The van der Waals surface area contributed by atoms with Gasteiger partial charge in [0.05, 0.1) is 11.3 Å². The van der Waals surface area contributed by atoms with Gasteiger partial charge in [-0.3, -0.25) is 0 Å². The van der Waals surface area contributed by atoms with Crippen molar-refractivity contribution in [2.45, 2.75) is 32.5 Å². The van der Waals surface area contributed by atoms with E-state index in [2.05, 4.69) is 84.3 Å². The number of hydrogen-bond acceptors (Lipinski definition) is 5. The average molecular weight is 567 g/mol. The molecule has 0 aliphatic carbocycles. The Morgan fingerprint density at radius 3 is 1.65 bits per heavy atom. The number of anilines is 2. The van der Waals surface area contributed by atoms with Gasteiger partial charge in [0.15, 0.2) is 5.60 Å². The highest BCUT2D eigenvalue weighted by Gasteiger charge is 2.54. The monoisotopic (exact) mass is 566 g/mol. The minimum absolute atomic E-state index is 0.325. The quantitative estimate of drug-likeness (QED) is 0.177. The van der Waals surface area contributed by atoms with Crippen molar-refractivity contribution in [2.75, 3.05) is 22.9 Å². The summed E-state index contributed by atoms with van der Waals surface area (Å²) >= 11 is 0. The van der Waals surface area contributed by atoms with Gasteiger partial charge in [0.25, 0.3) is 0 Å². The maximum absolute atomic E-state index is 14.3. The normalized spacial score (nSPS) is 13.9. The molecular weight excluding hydrogens is 532 g/mol. The molecule has 0 amide bonds. The lowest BCUT2D eigenvalue weighted by Gasteiger charge is -2.37. The fraction of sp³-hybridized carbons (Fsp3) is 0.184. The fourth-order valence-electron chi connectivity index (χ4n) is 6.56. The molecule has 5 nitrogen and oxygen atoms in total. The number of fused-ring (bicyclic) bond motifs is 6. The van der Waals surface area contributed by atoms with Crippen LogP contribution in [0.4, 0.5) is 11.4 Å². The van der Waals surface area contributed by atoms with E-state index in [1.165, 1.54) is 11.1 Å². The van der Waals surface area contributed by atoms with Gasteiger partial charge in [-0.25, -0.2) is 4.79 Å². The second-order valence-electron chi connectivity index (χ2n) is 11.1. The van der Waals surface area contributed by atoms with Gasteiger partial charge in [0.2, 0.25) is 0 Å². The largest absolute Gasteiger partial charge is 0.456 e. The van der Waals surface area contributed by atoms with E-state index in [0.717, 1.165) is 41.2 Å². The van der Waals surface area contributed by atoms with Crippen LogP contribution in [0.5, 0.6) is 11.5 Å². The Balaban J connectivity index is 1.51. The summed E-state index contributed by atoms with van der Waals surface area (Å²) < 4.78 is 13.0. The van der Waals surface area contributed by atoms with Crippen LogP contribution in [0, 0.1) is 0 Å². The molecule has 214 valence electrons. The molecule has 5 heteroatoms. The SMILES string of the molecule is CCN(CC)c1cc(N(Cc2ccccc2)Cc2ccccc2)c2c(c1)C1(OC2=O)c2ccccc2Oc2ccccc21. The van der Waals surface area contributed by atoms with Crippen molar-refractivity contribution < 1.29 is 14.3 Å². The highest BCUT2D eigenvalue weighted by Crippen LogP contribution is 2.57. The summed E-state index contributed by atoms with van der Waals surface area (Å²) in [5.74, 6) is 1.07. The van der Waals surface area contributed by atoms with Crippen molar-refractivity contribution >= 4 is 17.3 Å². The van der Waals surface area contributed by atoms with Crippen molar-refractivity contribution in [3.05, 3.63) is 155 Å². The van der Waals surface area contributed by atoms with Gasteiger partial charge in [-0.2, -0.15) is 0 Å². The molecule has 0 bridgehead atoms. The number of carbonyl (C=O) groups is 1. The van der Waals surface area contributed by atoms with Crippen molar-refractivity contribution in [1.29, 1.82) is 0 Å². The number of hydrogen-bond donors (Lipinski definition) is 0. The number of esters is 1. The fourth-order valence-corrected chi connectivity index (χ4v) is 6.56. The molecule has 1 spiro atoms. The van der Waals surface area contributed by atoms with Gasteiger partial charge in [-0.1, -0.05) is 97.1 Å². The van der Waals surface area contributed by atoms with Gasteiger partial charge < -0.3 is 19.3 Å². The van der Waals surface area contributed by atoms with Crippen molar-refractivity contribution in [3.8, 4) is 11.5 Å². The van der Waals surface area contributed by atoms with Crippen LogP contribution in [0.1, 0.15) is 52.0 Å². The number of benzene rings is 5. The molecule has 0 saturated heterocycles. The summed E-state index contributed by atoms with van der Waals surface area (Å²) in [6, 6.07) is 41.0. The van der Waals surface area contributed by atoms with Crippen molar-refractivity contribution in [3.63, 3.8) is 0 Å². The summed E-state index contributed by atoms with van der Waals surface area (Å²) in [6.07, 6.45) is 0. The first-order valence-electron chi connectivity index (χ1n) is 15.0. The maximum atomic E-state index is 14.3. The number of carbonyl (C=O) groups excluding carboxylic acids is 1. The van der Waals surface area contributed by atoms with E-state index in [0.29, 0.717) is 30.2 Å². The molecule has 5 aromatic rings. The van der Waals surface area contributed by atoms with Crippen LogP contribution in [0.3, 0.4) is 0 Å². The lowest BCUT2D eigenvalue weighted by molar-refractivity contribution is 0.0224. The van der Waals surface area contributed by atoms with Crippen LogP contribution in [-0.4, -0.2) is 19.1 Å². The third-order valence-corrected chi connectivity index (χ3v) is 8.59. The van der Waals surface area contributed by atoms with Gasteiger partial charge >= 0.3 is 5.97 Å². The Kier molecular flexibility index (Phi) is 6.86. The Morgan fingerprint density at radius 2 is 1.12 bits per heavy atom.